The molecule has 1 aromatic heterocycles. The number of anilines is 1. The van der Waals surface area contributed by atoms with Crippen LogP contribution in [-0.4, -0.2) is 27.3 Å². The van der Waals surface area contributed by atoms with E-state index in [1.807, 2.05) is 55.5 Å². The van der Waals surface area contributed by atoms with Crippen LogP contribution in [0.5, 0.6) is 0 Å². The van der Waals surface area contributed by atoms with Crippen molar-refractivity contribution in [3.63, 3.8) is 0 Å². The number of nitrogens with zero attached hydrogens (tertiary/aromatic N) is 2. The highest BCUT2D eigenvalue weighted by Crippen LogP contribution is 2.36. The maximum Gasteiger partial charge on any atom is 0.307 e. The molecule has 0 saturated heterocycles. The van der Waals surface area contributed by atoms with Gasteiger partial charge in [-0.25, -0.2) is 0 Å². The number of hydrogen-bond donors (Lipinski definition) is 1. The van der Waals surface area contributed by atoms with Crippen molar-refractivity contribution >= 4 is 29.3 Å². The number of amides is 1. The van der Waals surface area contributed by atoms with E-state index in [4.69, 9.17) is 9.15 Å². The molecule has 0 aliphatic carbocycles. The second-order valence-corrected chi connectivity index (χ2v) is 7.57. The number of esters is 1. The molecule has 4 rings (SSSR count). The van der Waals surface area contributed by atoms with Crippen LogP contribution in [-0.2, 0) is 20.9 Å². The first-order valence-electron chi connectivity index (χ1n) is 8.70. The molecule has 0 saturated carbocycles. The summed E-state index contributed by atoms with van der Waals surface area (Å²) >= 11 is 1.35. The third kappa shape index (κ3) is 4.07. The summed E-state index contributed by atoms with van der Waals surface area (Å²) in [6, 6.07) is 15.1. The predicted octanol–water partition coefficient (Wildman–Crippen LogP) is 3.59. The van der Waals surface area contributed by atoms with Crippen LogP contribution in [0.4, 0.5) is 5.69 Å². The van der Waals surface area contributed by atoms with Crippen molar-refractivity contribution < 1.29 is 18.7 Å². The number of carbonyl (C=O) groups is 2. The first-order chi connectivity index (χ1) is 13.6. The number of aromatic nitrogens is 2. The average Bonchev–Trinajstić information content (AvgIpc) is 3.16. The zero-order chi connectivity index (χ0) is 19.5. The van der Waals surface area contributed by atoms with E-state index in [-0.39, 0.29) is 24.8 Å². The highest BCUT2D eigenvalue weighted by molar-refractivity contribution is 8.01. The van der Waals surface area contributed by atoms with Gasteiger partial charge in [-0.1, -0.05) is 29.8 Å². The highest BCUT2D eigenvalue weighted by Gasteiger charge is 2.29. The van der Waals surface area contributed by atoms with Crippen molar-refractivity contribution in [3.8, 4) is 11.5 Å². The molecule has 1 atom stereocenters. The van der Waals surface area contributed by atoms with Crippen molar-refractivity contribution in [3.05, 3.63) is 60.0 Å². The lowest BCUT2D eigenvalue weighted by Crippen LogP contribution is -2.31. The highest BCUT2D eigenvalue weighted by atomic mass is 32.2. The van der Waals surface area contributed by atoms with Gasteiger partial charge < -0.3 is 14.5 Å². The summed E-state index contributed by atoms with van der Waals surface area (Å²) in [6.45, 7) is 1.84. The predicted molar refractivity (Wildman–Crippen MR) is 104 cm³/mol. The van der Waals surface area contributed by atoms with Gasteiger partial charge in [-0.2, -0.15) is 0 Å². The first-order valence-corrected chi connectivity index (χ1v) is 9.58. The Labute approximate surface area is 165 Å². The molecule has 28 heavy (non-hydrogen) atoms. The Morgan fingerprint density at radius 1 is 1.21 bits per heavy atom. The SMILES string of the molecule is Cc1cccc(-c2nnc(COC(=O)C[C@@H]3Sc4ccccc4NC3=O)o2)c1. The molecule has 2 heterocycles. The van der Waals surface area contributed by atoms with Crippen LogP contribution < -0.4 is 5.32 Å². The Kier molecular flexibility index (Phi) is 5.12. The van der Waals surface area contributed by atoms with Gasteiger partial charge in [-0.15, -0.1) is 22.0 Å². The number of thioether (sulfide) groups is 1. The van der Waals surface area contributed by atoms with Gasteiger partial charge in [0.25, 0.3) is 5.89 Å². The Balaban J connectivity index is 1.33. The van der Waals surface area contributed by atoms with Crippen molar-refractivity contribution in [2.75, 3.05) is 5.32 Å². The van der Waals surface area contributed by atoms with Crippen molar-refractivity contribution in [1.29, 1.82) is 0 Å². The standard InChI is InChI=1S/C20H17N3O4S/c1-12-5-4-6-13(9-12)20-23-22-17(27-20)11-26-18(24)10-16-19(25)21-14-7-2-3-8-15(14)28-16/h2-9,16H,10-11H2,1H3,(H,21,25)/t16-/m0/s1. The summed E-state index contributed by atoms with van der Waals surface area (Å²) in [5.41, 5.74) is 2.64. The van der Waals surface area contributed by atoms with Crippen LogP contribution in [0.25, 0.3) is 11.5 Å². The topological polar surface area (TPSA) is 94.3 Å². The van der Waals surface area contributed by atoms with Crippen LogP contribution >= 0.6 is 11.8 Å². The fraction of sp³-hybridized carbons (Fsp3) is 0.200. The Hall–Kier alpha value is -3.13. The van der Waals surface area contributed by atoms with Crippen molar-refractivity contribution in [2.24, 2.45) is 0 Å². The minimum Gasteiger partial charge on any atom is -0.456 e. The average molecular weight is 395 g/mol. The van der Waals surface area contributed by atoms with Gasteiger partial charge in [0, 0.05) is 10.5 Å². The lowest BCUT2D eigenvalue weighted by molar-refractivity contribution is -0.146. The molecular weight excluding hydrogens is 378 g/mol. The van der Waals surface area contributed by atoms with E-state index in [1.165, 1.54) is 11.8 Å². The van der Waals surface area contributed by atoms with Gasteiger partial charge in [-0.05, 0) is 31.2 Å². The molecule has 8 heteroatoms. The number of fused-ring (bicyclic) bond motifs is 1. The van der Waals surface area contributed by atoms with Crippen LogP contribution in [0.2, 0.25) is 0 Å². The molecule has 1 amide bonds. The maximum atomic E-state index is 12.2. The van der Waals surface area contributed by atoms with Crippen LogP contribution in [0.15, 0.2) is 57.8 Å². The number of rotatable bonds is 5. The summed E-state index contributed by atoms with van der Waals surface area (Å²) in [7, 11) is 0. The number of carbonyl (C=O) groups excluding carboxylic acids is 2. The summed E-state index contributed by atoms with van der Waals surface area (Å²) in [4.78, 5) is 25.3. The molecule has 1 N–H and O–H groups in total. The fourth-order valence-electron chi connectivity index (χ4n) is 2.79. The van der Waals surface area contributed by atoms with E-state index in [0.717, 1.165) is 21.7 Å². The van der Waals surface area contributed by atoms with E-state index in [0.29, 0.717) is 5.89 Å². The molecule has 142 valence electrons. The molecule has 0 bridgehead atoms. The molecule has 1 aliphatic heterocycles. The lowest BCUT2D eigenvalue weighted by Gasteiger charge is -2.23. The number of para-hydroxylation sites is 1. The molecule has 0 unspecified atom stereocenters. The minimum atomic E-state index is -0.534. The molecule has 0 spiro atoms. The molecule has 0 fully saturated rings. The van der Waals surface area contributed by atoms with Crippen molar-refractivity contribution in [1.82, 2.24) is 10.2 Å². The van der Waals surface area contributed by atoms with E-state index in [2.05, 4.69) is 15.5 Å². The Morgan fingerprint density at radius 3 is 2.93 bits per heavy atom. The van der Waals surface area contributed by atoms with E-state index < -0.39 is 11.2 Å². The van der Waals surface area contributed by atoms with Gasteiger partial charge in [-0.3, -0.25) is 9.59 Å². The second kappa shape index (κ2) is 7.85. The smallest absolute Gasteiger partial charge is 0.307 e. The molecular formula is C20H17N3O4S. The van der Waals surface area contributed by atoms with Crippen LogP contribution in [0.1, 0.15) is 17.9 Å². The third-order valence-electron chi connectivity index (χ3n) is 4.15. The van der Waals surface area contributed by atoms with Crippen LogP contribution in [0, 0.1) is 6.92 Å². The van der Waals surface area contributed by atoms with Crippen LogP contribution in [0.3, 0.4) is 0 Å². The summed E-state index contributed by atoms with van der Waals surface area (Å²) in [6.07, 6.45) is -0.0380. The number of hydrogen-bond acceptors (Lipinski definition) is 7. The fourth-order valence-corrected chi connectivity index (χ4v) is 3.88. The first kappa shape index (κ1) is 18.2. The van der Waals surface area contributed by atoms with E-state index in [9.17, 15) is 9.59 Å². The quantitative estimate of drug-likeness (QED) is 0.660. The monoisotopic (exact) mass is 395 g/mol. The number of nitrogens with one attached hydrogen (secondary N) is 1. The second-order valence-electron chi connectivity index (χ2n) is 6.33. The summed E-state index contributed by atoms with van der Waals surface area (Å²) in [5, 5.41) is 10.2. The van der Waals surface area contributed by atoms with Gasteiger partial charge in [0.2, 0.25) is 11.8 Å². The Morgan fingerprint density at radius 2 is 2.07 bits per heavy atom. The number of aryl methyl sites for hydroxylation is 1. The molecule has 7 nitrogen and oxygen atoms in total. The summed E-state index contributed by atoms with van der Waals surface area (Å²) < 4.78 is 10.8. The van der Waals surface area contributed by atoms with E-state index >= 15 is 0 Å². The third-order valence-corrected chi connectivity index (χ3v) is 5.42. The summed E-state index contributed by atoms with van der Waals surface area (Å²) in [5.74, 6) is -0.132. The normalized spacial score (nSPS) is 15.6. The number of benzene rings is 2. The Bertz CT molecular complexity index is 1030. The maximum absolute atomic E-state index is 12.2. The zero-order valence-corrected chi connectivity index (χ0v) is 15.9. The molecule has 2 aromatic carbocycles. The molecule has 1 aliphatic rings. The van der Waals surface area contributed by atoms with E-state index in [1.54, 1.807) is 0 Å². The van der Waals surface area contributed by atoms with Gasteiger partial charge >= 0.3 is 5.97 Å². The minimum absolute atomic E-state index is 0.0380. The van der Waals surface area contributed by atoms with Crippen molar-refractivity contribution in [2.45, 2.75) is 30.1 Å². The van der Waals surface area contributed by atoms with Gasteiger partial charge in [0.05, 0.1) is 17.4 Å². The number of ether oxygens (including phenoxy) is 1. The lowest BCUT2D eigenvalue weighted by atomic mass is 10.1. The zero-order valence-electron chi connectivity index (χ0n) is 15.0. The van der Waals surface area contributed by atoms with Gasteiger partial charge in [0.1, 0.15) is 0 Å². The molecule has 3 aromatic rings. The van der Waals surface area contributed by atoms with Gasteiger partial charge in [0.15, 0.2) is 6.61 Å². The molecule has 0 radical (unpaired) electrons. The largest absolute Gasteiger partial charge is 0.456 e.